The maximum Gasteiger partial charge on any atom is 0.266 e. The summed E-state index contributed by atoms with van der Waals surface area (Å²) in [6, 6.07) is 13.1. The number of hydrogen-bond acceptors (Lipinski definition) is 4. The van der Waals surface area contributed by atoms with Gasteiger partial charge in [0.25, 0.3) is 5.91 Å². The lowest BCUT2D eigenvalue weighted by Crippen LogP contribution is -2.14. The van der Waals surface area contributed by atoms with Crippen molar-refractivity contribution in [3.8, 4) is 17.6 Å². The summed E-state index contributed by atoms with van der Waals surface area (Å²) in [5.74, 6) is 0.783. The molecular formula is C24H27IN2O3. The molecule has 0 unspecified atom stereocenters. The minimum Gasteiger partial charge on any atom is -0.493 e. The summed E-state index contributed by atoms with van der Waals surface area (Å²) in [6.07, 6.45) is 6.06. The zero-order valence-electron chi connectivity index (χ0n) is 17.6. The average Bonchev–Trinajstić information content (AvgIpc) is 2.74. The maximum atomic E-state index is 12.6. The fraction of sp³-hybridized carbons (Fsp3) is 0.333. The molecule has 158 valence electrons. The van der Waals surface area contributed by atoms with Crippen molar-refractivity contribution >= 4 is 40.3 Å². The highest BCUT2D eigenvalue weighted by Gasteiger charge is 2.12. The molecule has 0 spiro atoms. The Hall–Kier alpha value is -2.53. The summed E-state index contributed by atoms with van der Waals surface area (Å²) >= 11 is 2.22. The third kappa shape index (κ3) is 7.06. The summed E-state index contributed by atoms with van der Waals surface area (Å²) in [6.45, 7) is 4.72. The van der Waals surface area contributed by atoms with E-state index in [9.17, 15) is 10.1 Å². The molecule has 2 aromatic rings. The van der Waals surface area contributed by atoms with Crippen molar-refractivity contribution in [2.45, 2.75) is 39.5 Å². The SMILES string of the molecule is CCCCCCOc1ccc(/C=C(\C#N)C(=O)Nc2ccc(I)cc2C)cc1OC. The molecule has 0 saturated heterocycles. The lowest BCUT2D eigenvalue weighted by molar-refractivity contribution is -0.112. The first-order valence-electron chi connectivity index (χ1n) is 9.98. The van der Waals surface area contributed by atoms with Gasteiger partial charge in [0.15, 0.2) is 11.5 Å². The first-order valence-corrected chi connectivity index (χ1v) is 11.1. The summed E-state index contributed by atoms with van der Waals surface area (Å²) in [7, 11) is 1.57. The van der Waals surface area contributed by atoms with Crippen LogP contribution >= 0.6 is 22.6 Å². The van der Waals surface area contributed by atoms with Crippen molar-refractivity contribution in [3.63, 3.8) is 0 Å². The molecule has 1 amide bonds. The van der Waals surface area contributed by atoms with E-state index >= 15 is 0 Å². The largest absolute Gasteiger partial charge is 0.493 e. The topological polar surface area (TPSA) is 71.3 Å². The van der Waals surface area contributed by atoms with Gasteiger partial charge in [-0.05, 0) is 83.5 Å². The molecule has 5 nitrogen and oxygen atoms in total. The fourth-order valence-corrected chi connectivity index (χ4v) is 3.52. The number of aryl methyl sites for hydroxylation is 1. The molecule has 30 heavy (non-hydrogen) atoms. The van der Waals surface area contributed by atoms with Crippen molar-refractivity contribution < 1.29 is 14.3 Å². The van der Waals surface area contributed by atoms with Crippen LogP contribution < -0.4 is 14.8 Å². The third-order valence-corrected chi connectivity index (χ3v) is 5.23. The van der Waals surface area contributed by atoms with E-state index < -0.39 is 5.91 Å². The zero-order chi connectivity index (χ0) is 21.9. The van der Waals surface area contributed by atoms with E-state index in [1.807, 2.05) is 37.3 Å². The Balaban J connectivity index is 2.12. The molecule has 0 saturated carbocycles. The van der Waals surface area contributed by atoms with Crippen LogP contribution in [0.3, 0.4) is 0 Å². The van der Waals surface area contributed by atoms with Crippen molar-refractivity contribution in [1.29, 1.82) is 5.26 Å². The molecule has 0 fully saturated rings. The number of anilines is 1. The molecule has 0 aliphatic rings. The highest BCUT2D eigenvalue weighted by Crippen LogP contribution is 2.29. The van der Waals surface area contributed by atoms with Crippen LogP contribution in [0.2, 0.25) is 0 Å². The van der Waals surface area contributed by atoms with Crippen LogP contribution in [0.1, 0.15) is 43.7 Å². The van der Waals surface area contributed by atoms with Crippen molar-refractivity contribution in [2.75, 3.05) is 19.0 Å². The summed E-state index contributed by atoms with van der Waals surface area (Å²) in [4.78, 5) is 12.6. The molecule has 6 heteroatoms. The summed E-state index contributed by atoms with van der Waals surface area (Å²) < 4.78 is 12.3. The van der Waals surface area contributed by atoms with Gasteiger partial charge in [-0.2, -0.15) is 5.26 Å². The Morgan fingerprint density at radius 3 is 2.63 bits per heavy atom. The van der Waals surface area contributed by atoms with E-state index in [-0.39, 0.29) is 5.57 Å². The first kappa shape index (κ1) is 23.7. The summed E-state index contributed by atoms with van der Waals surface area (Å²) in [5, 5.41) is 12.3. The molecule has 0 heterocycles. The minimum absolute atomic E-state index is 0.0169. The van der Waals surface area contributed by atoms with E-state index in [1.165, 1.54) is 12.8 Å². The predicted molar refractivity (Wildman–Crippen MR) is 129 cm³/mol. The molecule has 0 aromatic heterocycles. The molecule has 1 N–H and O–H groups in total. The lowest BCUT2D eigenvalue weighted by Gasteiger charge is -2.12. The van der Waals surface area contributed by atoms with Crippen LogP contribution in [-0.2, 0) is 4.79 Å². The van der Waals surface area contributed by atoms with E-state index in [0.29, 0.717) is 29.4 Å². The van der Waals surface area contributed by atoms with Gasteiger partial charge in [-0.25, -0.2) is 0 Å². The molecule has 0 aliphatic carbocycles. The van der Waals surface area contributed by atoms with Gasteiger partial charge in [0, 0.05) is 9.26 Å². The zero-order valence-corrected chi connectivity index (χ0v) is 19.8. The number of methoxy groups -OCH3 is 1. The molecule has 0 bridgehead atoms. The van der Waals surface area contributed by atoms with Crippen LogP contribution in [0.25, 0.3) is 6.08 Å². The first-order chi connectivity index (χ1) is 14.5. The van der Waals surface area contributed by atoms with E-state index in [1.54, 1.807) is 25.3 Å². The number of amides is 1. The number of benzene rings is 2. The standard InChI is InChI=1S/C24H27IN2O3/c1-4-5-6-7-12-30-22-11-8-18(15-23(22)29-3)14-19(16-26)24(28)27-21-10-9-20(25)13-17(21)2/h8-11,13-15H,4-7,12H2,1-3H3,(H,27,28)/b19-14+. The van der Waals surface area contributed by atoms with Crippen molar-refractivity contribution in [3.05, 3.63) is 56.7 Å². The van der Waals surface area contributed by atoms with Crippen molar-refractivity contribution in [2.24, 2.45) is 0 Å². The minimum atomic E-state index is -0.447. The number of rotatable bonds is 10. The molecule has 0 atom stereocenters. The second-order valence-electron chi connectivity index (χ2n) is 6.90. The van der Waals surface area contributed by atoms with Gasteiger partial charge >= 0.3 is 0 Å². The van der Waals surface area contributed by atoms with Gasteiger partial charge in [-0.3, -0.25) is 4.79 Å². The molecule has 2 rings (SSSR count). The van der Waals surface area contributed by atoms with Gasteiger partial charge in [0.2, 0.25) is 0 Å². The van der Waals surface area contributed by atoms with Crippen LogP contribution in [0, 0.1) is 21.8 Å². The Bertz CT molecular complexity index is 948. The number of unbranched alkanes of at least 4 members (excludes halogenated alkanes) is 3. The van der Waals surface area contributed by atoms with Gasteiger partial charge in [-0.1, -0.05) is 32.3 Å². The van der Waals surface area contributed by atoms with Crippen LogP contribution in [-0.4, -0.2) is 19.6 Å². The number of hydrogen-bond donors (Lipinski definition) is 1. The Labute approximate surface area is 192 Å². The second kappa shape index (κ2) is 12.2. The van der Waals surface area contributed by atoms with Gasteiger partial charge in [-0.15, -0.1) is 0 Å². The monoisotopic (exact) mass is 518 g/mol. The van der Waals surface area contributed by atoms with Gasteiger partial charge in [0.1, 0.15) is 11.6 Å². The third-order valence-electron chi connectivity index (χ3n) is 4.56. The number of carbonyl (C=O) groups excluding carboxylic acids is 1. The van der Waals surface area contributed by atoms with E-state index in [2.05, 4.69) is 34.8 Å². The van der Waals surface area contributed by atoms with Crippen LogP contribution in [0.4, 0.5) is 5.69 Å². The number of ether oxygens (including phenoxy) is 2. The lowest BCUT2D eigenvalue weighted by atomic mass is 10.1. The Morgan fingerprint density at radius 1 is 1.17 bits per heavy atom. The highest BCUT2D eigenvalue weighted by atomic mass is 127. The predicted octanol–water partition coefficient (Wildman–Crippen LogP) is 6.11. The number of nitrogens with one attached hydrogen (secondary N) is 1. The van der Waals surface area contributed by atoms with Crippen LogP contribution in [0.15, 0.2) is 42.0 Å². The molecule has 2 aromatic carbocycles. The molecular weight excluding hydrogens is 491 g/mol. The number of nitrogens with zero attached hydrogens (tertiary/aromatic N) is 1. The quantitative estimate of drug-likeness (QED) is 0.178. The van der Waals surface area contributed by atoms with E-state index in [0.717, 1.165) is 22.0 Å². The smallest absolute Gasteiger partial charge is 0.266 e. The number of nitriles is 1. The van der Waals surface area contributed by atoms with E-state index in [4.69, 9.17) is 9.47 Å². The van der Waals surface area contributed by atoms with Crippen molar-refractivity contribution in [1.82, 2.24) is 0 Å². The normalized spacial score (nSPS) is 11.0. The number of halogens is 1. The maximum absolute atomic E-state index is 12.6. The van der Waals surface area contributed by atoms with Gasteiger partial charge in [0.05, 0.1) is 13.7 Å². The Morgan fingerprint density at radius 2 is 1.97 bits per heavy atom. The highest BCUT2D eigenvalue weighted by molar-refractivity contribution is 14.1. The fourth-order valence-electron chi connectivity index (χ4n) is 2.88. The molecule has 0 aliphatic heterocycles. The average molecular weight is 518 g/mol. The van der Waals surface area contributed by atoms with Gasteiger partial charge < -0.3 is 14.8 Å². The molecule has 0 radical (unpaired) electrons. The Kier molecular flexibility index (Phi) is 9.68. The van der Waals surface area contributed by atoms with Crippen LogP contribution in [0.5, 0.6) is 11.5 Å². The summed E-state index contributed by atoms with van der Waals surface area (Å²) in [5.41, 5.74) is 2.33. The number of carbonyl (C=O) groups is 1. The second-order valence-corrected chi connectivity index (χ2v) is 8.15.